The fourth-order valence-corrected chi connectivity index (χ4v) is 0.708. The number of aromatic nitrogens is 1. The summed E-state index contributed by atoms with van der Waals surface area (Å²) in [6, 6.07) is 3.82. The maximum absolute atomic E-state index is 4.03. The maximum atomic E-state index is 4.03. The molecule has 11 heavy (non-hydrogen) atoms. The van der Waals surface area contributed by atoms with Crippen molar-refractivity contribution < 1.29 is 0 Å². The van der Waals surface area contributed by atoms with Crippen molar-refractivity contribution in [2.75, 3.05) is 0 Å². The van der Waals surface area contributed by atoms with Crippen molar-refractivity contribution >= 4 is 18.9 Å². The van der Waals surface area contributed by atoms with Gasteiger partial charge in [-0.15, -0.1) is 0 Å². The lowest BCUT2D eigenvalue weighted by Crippen LogP contribution is -1.78. The molecule has 0 aliphatic rings. The van der Waals surface area contributed by atoms with Crippen LogP contribution in [0.5, 0.6) is 0 Å². The number of hydrogen-bond donors (Lipinski definition) is 0. The van der Waals surface area contributed by atoms with Gasteiger partial charge in [0.15, 0.2) is 5.82 Å². The van der Waals surface area contributed by atoms with E-state index in [1.54, 1.807) is 6.20 Å². The highest BCUT2D eigenvalue weighted by Gasteiger charge is 1.91. The van der Waals surface area contributed by atoms with E-state index in [0.717, 1.165) is 5.56 Å². The van der Waals surface area contributed by atoms with E-state index in [9.17, 15) is 0 Å². The van der Waals surface area contributed by atoms with E-state index >= 15 is 0 Å². The van der Waals surface area contributed by atoms with Crippen LogP contribution in [0.3, 0.4) is 0 Å². The Bertz CT molecular complexity index is 278. The fraction of sp³-hybridized carbons (Fsp3) is 0.125. The predicted octanol–water partition coefficient (Wildman–Crippen LogP) is 1.75. The molecule has 0 amide bonds. The molecule has 0 saturated carbocycles. The zero-order valence-electron chi connectivity index (χ0n) is 6.36. The van der Waals surface area contributed by atoms with Crippen LogP contribution in [0.15, 0.2) is 28.3 Å². The lowest BCUT2D eigenvalue weighted by Gasteiger charge is -1.94. The van der Waals surface area contributed by atoms with Crippen LogP contribution in [0.4, 0.5) is 5.82 Å². The van der Waals surface area contributed by atoms with Crippen LogP contribution in [0, 0.1) is 6.92 Å². The second-order valence-electron chi connectivity index (χ2n) is 2.07. The van der Waals surface area contributed by atoms with E-state index in [2.05, 4.69) is 21.7 Å². The highest BCUT2D eigenvalue weighted by Crippen LogP contribution is 2.11. The molecule has 1 heterocycles. The Morgan fingerprint density at radius 3 is 3.09 bits per heavy atom. The van der Waals surface area contributed by atoms with Gasteiger partial charge in [-0.3, -0.25) is 4.99 Å². The van der Waals surface area contributed by atoms with Gasteiger partial charge in [0, 0.05) is 6.20 Å². The van der Waals surface area contributed by atoms with E-state index in [4.69, 9.17) is 0 Å². The quantitative estimate of drug-likeness (QED) is 0.464. The highest BCUT2D eigenvalue weighted by molar-refractivity contribution is 5.65. The van der Waals surface area contributed by atoms with E-state index < -0.39 is 0 Å². The van der Waals surface area contributed by atoms with Gasteiger partial charge in [0.25, 0.3) is 0 Å². The molecule has 0 fully saturated rings. The molecule has 0 saturated heterocycles. The van der Waals surface area contributed by atoms with Gasteiger partial charge < -0.3 is 0 Å². The monoisotopic (exact) mass is 147 g/mol. The third-order valence-corrected chi connectivity index (χ3v) is 1.24. The van der Waals surface area contributed by atoms with Crippen molar-refractivity contribution in [2.24, 2.45) is 9.98 Å². The Morgan fingerprint density at radius 1 is 1.64 bits per heavy atom. The van der Waals surface area contributed by atoms with Crippen molar-refractivity contribution in [2.45, 2.75) is 6.92 Å². The average molecular weight is 147 g/mol. The van der Waals surface area contributed by atoms with Crippen LogP contribution in [-0.2, 0) is 0 Å². The Morgan fingerprint density at radius 2 is 2.45 bits per heavy atom. The van der Waals surface area contributed by atoms with E-state index in [-0.39, 0.29) is 0 Å². The summed E-state index contributed by atoms with van der Waals surface area (Å²) in [5.74, 6) is 0.694. The number of hydrogen-bond acceptors (Lipinski definition) is 2. The van der Waals surface area contributed by atoms with Gasteiger partial charge in [0.1, 0.15) is 6.34 Å². The highest BCUT2D eigenvalue weighted by atomic mass is 14.9. The minimum absolute atomic E-state index is 0.694. The summed E-state index contributed by atoms with van der Waals surface area (Å²) in [4.78, 5) is 11.5. The molecule has 3 heteroatoms. The van der Waals surface area contributed by atoms with Crippen molar-refractivity contribution in [3.8, 4) is 0 Å². The van der Waals surface area contributed by atoms with Crippen molar-refractivity contribution in [1.29, 1.82) is 0 Å². The topological polar surface area (TPSA) is 37.6 Å². The van der Waals surface area contributed by atoms with E-state index in [1.165, 1.54) is 6.34 Å². The molecule has 0 unspecified atom stereocenters. The van der Waals surface area contributed by atoms with E-state index in [0.29, 0.717) is 5.82 Å². The zero-order valence-corrected chi connectivity index (χ0v) is 6.36. The molecule has 1 aromatic rings. The Kier molecular flexibility index (Phi) is 2.49. The first kappa shape index (κ1) is 7.60. The molecule has 3 nitrogen and oxygen atoms in total. The molecule has 0 aromatic carbocycles. The zero-order chi connectivity index (χ0) is 8.10. The molecular formula is C8H9N3. The van der Waals surface area contributed by atoms with Crippen molar-refractivity contribution in [3.05, 3.63) is 23.9 Å². The number of aryl methyl sites for hydroxylation is 1. The van der Waals surface area contributed by atoms with Crippen molar-refractivity contribution in [1.82, 2.24) is 4.98 Å². The van der Waals surface area contributed by atoms with Crippen LogP contribution in [0.25, 0.3) is 0 Å². The summed E-state index contributed by atoms with van der Waals surface area (Å²) < 4.78 is 0. The Balaban J connectivity index is 2.94. The first-order chi connectivity index (χ1) is 5.34. The molecule has 56 valence electrons. The Labute approximate surface area is 65.5 Å². The fourth-order valence-electron chi connectivity index (χ4n) is 0.708. The summed E-state index contributed by atoms with van der Waals surface area (Å²) in [7, 11) is 0. The van der Waals surface area contributed by atoms with Gasteiger partial charge in [0.05, 0.1) is 0 Å². The summed E-state index contributed by atoms with van der Waals surface area (Å²) in [5, 5.41) is 0. The van der Waals surface area contributed by atoms with Gasteiger partial charge in [0.2, 0.25) is 0 Å². The predicted molar refractivity (Wildman–Crippen MR) is 46.7 cm³/mol. The summed E-state index contributed by atoms with van der Waals surface area (Å²) in [6.07, 6.45) is 3.08. The molecule has 0 atom stereocenters. The molecule has 0 bridgehead atoms. The molecular weight excluding hydrogens is 138 g/mol. The largest absolute Gasteiger partial charge is 0.253 e. The van der Waals surface area contributed by atoms with Gasteiger partial charge in [-0.25, -0.2) is 9.98 Å². The first-order valence-corrected chi connectivity index (χ1v) is 3.24. The smallest absolute Gasteiger partial charge is 0.156 e. The van der Waals surface area contributed by atoms with Gasteiger partial charge in [-0.05, 0) is 25.3 Å². The summed E-state index contributed by atoms with van der Waals surface area (Å²) >= 11 is 0. The average Bonchev–Trinajstić information content (AvgIpc) is 2.03. The normalized spacial score (nSPS) is 10.3. The maximum Gasteiger partial charge on any atom is 0.156 e. The van der Waals surface area contributed by atoms with Crippen LogP contribution in [-0.4, -0.2) is 18.0 Å². The third kappa shape index (κ3) is 1.97. The molecule has 0 aliphatic carbocycles. The number of aliphatic imine (C=N–C) groups is 2. The van der Waals surface area contributed by atoms with Gasteiger partial charge in [-0.1, -0.05) is 6.07 Å². The van der Waals surface area contributed by atoms with Crippen LogP contribution in [0.2, 0.25) is 0 Å². The molecule has 0 aliphatic heterocycles. The molecule has 1 rings (SSSR count). The minimum atomic E-state index is 0.694. The van der Waals surface area contributed by atoms with Gasteiger partial charge >= 0.3 is 0 Å². The minimum Gasteiger partial charge on any atom is -0.253 e. The van der Waals surface area contributed by atoms with Gasteiger partial charge in [-0.2, -0.15) is 0 Å². The standard InChI is InChI=1S/C8H9N3/c1-7-4-3-5-10-8(7)11-6-9-2/h3-6H,2H2,1H3. The summed E-state index contributed by atoms with van der Waals surface area (Å²) in [6.45, 7) is 5.23. The third-order valence-electron chi connectivity index (χ3n) is 1.24. The molecule has 0 radical (unpaired) electrons. The molecule has 0 spiro atoms. The lowest BCUT2D eigenvalue weighted by atomic mass is 10.3. The Hall–Kier alpha value is -1.51. The molecule has 0 N–H and O–H groups in total. The number of nitrogens with zero attached hydrogens (tertiary/aromatic N) is 3. The van der Waals surface area contributed by atoms with E-state index in [1.807, 2.05) is 19.1 Å². The van der Waals surface area contributed by atoms with Crippen molar-refractivity contribution in [3.63, 3.8) is 0 Å². The second kappa shape index (κ2) is 3.61. The second-order valence-corrected chi connectivity index (χ2v) is 2.07. The SMILES string of the molecule is C=NC=Nc1ncccc1C. The number of pyridine rings is 1. The number of rotatable bonds is 2. The van der Waals surface area contributed by atoms with Crippen LogP contribution >= 0.6 is 0 Å². The molecule has 1 aromatic heterocycles. The van der Waals surface area contributed by atoms with Crippen LogP contribution in [0.1, 0.15) is 5.56 Å². The first-order valence-electron chi connectivity index (χ1n) is 3.24. The summed E-state index contributed by atoms with van der Waals surface area (Å²) in [5.41, 5.74) is 1.03. The lowest BCUT2D eigenvalue weighted by molar-refractivity contribution is 1.23. The van der Waals surface area contributed by atoms with Crippen LogP contribution < -0.4 is 0 Å².